The molecular weight excluding hydrogens is 486 g/mol. The van der Waals surface area contributed by atoms with Crippen molar-refractivity contribution < 1.29 is 19.1 Å². The predicted molar refractivity (Wildman–Crippen MR) is 132 cm³/mol. The van der Waals surface area contributed by atoms with Crippen LogP contribution in [-0.2, 0) is 9.53 Å². The van der Waals surface area contributed by atoms with Gasteiger partial charge in [-0.2, -0.15) is 0 Å². The molecule has 0 aliphatic carbocycles. The van der Waals surface area contributed by atoms with Crippen molar-refractivity contribution in [3.63, 3.8) is 0 Å². The average molecular weight is 516 g/mol. The number of halogens is 1. The molecule has 2 amide bonds. The number of piperazine rings is 1. The summed E-state index contributed by atoms with van der Waals surface area (Å²) in [4.78, 5) is 27.2. The van der Waals surface area contributed by atoms with Crippen molar-refractivity contribution in [3.05, 3.63) is 70.2 Å². The Bertz CT molecular complexity index is 1000. The quantitative estimate of drug-likeness (QED) is 0.579. The maximum absolute atomic E-state index is 13.0. The second kappa shape index (κ2) is 10.9. The molecule has 33 heavy (non-hydrogen) atoms. The van der Waals surface area contributed by atoms with E-state index in [0.29, 0.717) is 25.4 Å². The van der Waals surface area contributed by atoms with Crippen molar-refractivity contribution in [3.8, 4) is 5.75 Å². The van der Waals surface area contributed by atoms with E-state index < -0.39 is 5.60 Å². The van der Waals surface area contributed by atoms with Crippen LogP contribution in [0, 0.1) is 0 Å². The van der Waals surface area contributed by atoms with Gasteiger partial charge in [-0.1, -0.05) is 46.3 Å². The van der Waals surface area contributed by atoms with E-state index in [2.05, 4.69) is 21.4 Å². The molecule has 176 valence electrons. The molecule has 7 nitrogen and oxygen atoms in total. The molecule has 1 atom stereocenters. The van der Waals surface area contributed by atoms with Crippen LogP contribution in [0.4, 0.5) is 4.79 Å². The number of benzene rings is 2. The fourth-order valence-corrected chi connectivity index (χ4v) is 3.83. The van der Waals surface area contributed by atoms with E-state index >= 15 is 0 Å². The number of methoxy groups -OCH3 is 1. The van der Waals surface area contributed by atoms with Crippen molar-refractivity contribution in [1.29, 1.82) is 0 Å². The molecule has 1 heterocycles. The molecule has 3 rings (SSSR count). The number of para-hydroxylation sites is 1. The molecule has 0 spiro atoms. The molecular formula is C25H30BrN3O4. The lowest BCUT2D eigenvalue weighted by Crippen LogP contribution is -2.56. The number of hydrogen-bond acceptors (Lipinski definition) is 5. The number of nitrogens with one attached hydrogen (secondary N) is 1. The highest BCUT2D eigenvalue weighted by Gasteiger charge is 2.36. The van der Waals surface area contributed by atoms with E-state index in [4.69, 9.17) is 9.47 Å². The van der Waals surface area contributed by atoms with E-state index in [0.717, 1.165) is 15.6 Å². The third-order valence-electron chi connectivity index (χ3n) is 5.07. The number of carbonyl (C=O) groups is 2. The van der Waals surface area contributed by atoms with Gasteiger partial charge in [0.1, 0.15) is 11.4 Å². The van der Waals surface area contributed by atoms with Gasteiger partial charge in [0.2, 0.25) is 0 Å². The fourth-order valence-electron chi connectivity index (χ4n) is 3.57. The highest BCUT2D eigenvalue weighted by molar-refractivity contribution is 9.10. The third-order valence-corrected chi connectivity index (χ3v) is 5.60. The molecule has 2 aromatic carbocycles. The van der Waals surface area contributed by atoms with Crippen LogP contribution < -0.4 is 10.2 Å². The van der Waals surface area contributed by atoms with Crippen LogP contribution in [0.15, 0.2) is 59.1 Å². The van der Waals surface area contributed by atoms with E-state index in [1.165, 1.54) is 6.08 Å². The Morgan fingerprint density at radius 3 is 2.45 bits per heavy atom. The van der Waals surface area contributed by atoms with E-state index in [9.17, 15) is 9.59 Å². The lowest BCUT2D eigenvalue weighted by atomic mass is 10.0. The smallest absolute Gasteiger partial charge is 0.410 e. The van der Waals surface area contributed by atoms with Gasteiger partial charge in [-0.3, -0.25) is 15.1 Å². The maximum Gasteiger partial charge on any atom is 0.410 e. The zero-order valence-electron chi connectivity index (χ0n) is 19.4. The van der Waals surface area contributed by atoms with Crippen molar-refractivity contribution in [2.24, 2.45) is 0 Å². The van der Waals surface area contributed by atoms with E-state index in [-0.39, 0.29) is 18.0 Å². The Labute approximate surface area is 203 Å². The van der Waals surface area contributed by atoms with Crippen molar-refractivity contribution >= 4 is 34.0 Å². The zero-order valence-corrected chi connectivity index (χ0v) is 21.0. The van der Waals surface area contributed by atoms with Crippen LogP contribution in [0.3, 0.4) is 0 Å². The molecule has 2 aromatic rings. The first-order valence-corrected chi connectivity index (χ1v) is 11.6. The van der Waals surface area contributed by atoms with Crippen LogP contribution in [0.2, 0.25) is 0 Å². The van der Waals surface area contributed by atoms with Crippen LogP contribution in [-0.4, -0.2) is 54.3 Å². The highest BCUT2D eigenvalue weighted by atomic mass is 79.9. The first-order valence-electron chi connectivity index (χ1n) is 10.8. The molecule has 1 fully saturated rings. The summed E-state index contributed by atoms with van der Waals surface area (Å²) in [5.41, 5.74) is 4.10. The summed E-state index contributed by atoms with van der Waals surface area (Å²) < 4.78 is 12.2. The monoisotopic (exact) mass is 515 g/mol. The molecule has 1 aliphatic rings. The molecule has 1 aliphatic heterocycles. The lowest BCUT2D eigenvalue weighted by molar-refractivity contribution is -0.122. The number of rotatable bonds is 5. The molecule has 0 bridgehead atoms. The van der Waals surface area contributed by atoms with Crippen molar-refractivity contribution in [2.75, 3.05) is 26.7 Å². The average Bonchev–Trinajstić information content (AvgIpc) is 2.77. The summed E-state index contributed by atoms with van der Waals surface area (Å²) in [5.74, 6) is 0.446. The van der Waals surface area contributed by atoms with Gasteiger partial charge in [0, 0.05) is 35.7 Å². The van der Waals surface area contributed by atoms with Crippen LogP contribution in [0.1, 0.15) is 37.9 Å². The zero-order chi connectivity index (χ0) is 24.0. The van der Waals surface area contributed by atoms with Crippen LogP contribution in [0.5, 0.6) is 5.75 Å². The Morgan fingerprint density at radius 1 is 1.09 bits per heavy atom. The second-order valence-corrected chi connectivity index (χ2v) is 9.65. The second-order valence-electron chi connectivity index (χ2n) is 8.74. The number of hydrazine groups is 1. The van der Waals surface area contributed by atoms with Gasteiger partial charge in [0.05, 0.1) is 13.2 Å². The largest absolute Gasteiger partial charge is 0.496 e. The number of ether oxygens (including phenoxy) is 2. The van der Waals surface area contributed by atoms with Crippen molar-refractivity contribution in [2.45, 2.75) is 32.4 Å². The van der Waals surface area contributed by atoms with Crippen LogP contribution >= 0.6 is 15.9 Å². The Morgan fingerprint density at radius 2 is 1.79 bits per heavy atom. The molecule has 8 heteroatoms. The third kappa shape index (κ3) is 7.07. The van der Waals surface area contributed by atoms with Gasteiger partial charge in [-0.05, 0) is 50.6 Å². The summed E-state index contributed by atoms with van der Waals surface area (Å²) in [6.45, 7) is 6.81. The standard InChI is InChI=1S/C25H30BrN3O4/c1-25(2,3)33-24(31)29-16-15-28(17-21(29)20-7-5-6-8-22(20)32-4)27-23(30)14-11-18-9-12-19(26)13-10-18/h5-14,21H,15-17H2,1-4H3,(H,27,30). The fraction of sp³-hybridized carbons (Fsp3) is 0.360. The minimum atomic E-state index is -0.606. The lowest BCUT2D eigenvalue weighted by Gasteiger charge is -2.41. The highest BCUT2D eigenvalue weighted by Crippen LogP contribution is 2.32. The van der Waals surface area contributed by atoms with E-state index in [1.54, 1.807) is 18.1 Å². The maximum atomic E-state index is 13.0. The Kier molecular flexibility index (Phi) is 8.15. The van der Waals surface area contributed by atoms with Gasteiger partial charge in [-0.25, -0.2) is 9.80 Å². The first-order chi connectivity index (χ1) is 15.7. The Hall–Kier alpha value is -2.84. The SMILES string of the molecule is COc1ccccc1C1CN(NC(=O)C=Cc2ccc(Br)cc2)CCN1C(=O)OC(C)(C)C. The minimum absolute atomic E-state index is 0.234. The molecule has 1 unspecified atom stereocenters. The van der Waals surface area contributed by atoms with Gasteiger partial charge >= 0.3 is 6.09 Å². The number of hydrogen-bond donors (Lipinski definition) is 1. The molecule has 0 aromatic heterocycles. The molecule has 0 saturated carbocycles. The molecule has 1 saturated heterocycles. The van der Waals surface area contributed by atoms with Crippen molar-refractivity contribution in [1.82, 2.24) is 15.3 Å². The van der Waals surface area contributed by atoms with E-state index in [1.807, 2.05) is 74.3 Å². The summed E-state index contributed by atoms with van der Waals surface area (Å²) >= 11 is 3.40. The number of amides is 2. The summed E-state index contributed by atoms with van der Waals surface area (Å²) in [7, 11) is 1.60. The normalized spacial score (nSPS) is 17.1. The molecule has 1 N–H and O–H groups in total. The van der Waals surface area contributed by atoms with Gasteiger partial charge in [0.15, 0.2) is 0 Å². The molecule has 0 radical (unpaired) electrons. The van der Waals surface area contributed by atoms with Gasteiger partial charge in [-0.15, -0.1) is 0 Å². The predicted octanol–water partition coefficient (Wildman–Crippen LogP) is 4.80. The Balaban J connectivity index is 1.75. The van der Waals surface area contributed by atoms with Gasteiger partial charge in [0.25, 0.3) is 5.91 Å². The number of nitrogens with zero attached hydrogens (tertiary/aromatic N) is 2. The topological polar surface area (TPSA) is 71.1 Å². The van der Waals surface area contributed by atoms with Crippen LogP contribution in [0.25, 0.3) is 6.08 Å². The summed E-state index contributed by atoms with van der Waals surface area (Å²) in [6.07, 6.45) is 2.87. The minimum Gasteiger partial charge on any atom is -0.496 e. The van der Waals surface area contributed by atoms with Gasteiger partial charge < -0.3 is 9.47 Å². The number of carbonyl (C=O) groups excluding carboxylic acids is 2. The first kappa shape index (κ1) is 24.8. The summed E-state index contributed by atoms with van der Waals surface area (Å²) in [5, 5.41) is 1.83. The summed E-state index contributed by atoms with van der Waals surface area (Å²) in [6, 6.07) is 14.9.